The Bertz CT molecular complexity index is 376. The molecule has 0 saturated heterocycles. The zero-order valence-corrected chi connectivity index (χ0v) is 11.8. The average molecular weight is 300 g/mol. The molecule has 2 N–H and O–H groups in total. The van der Waals surface area contributed by atoms with Gasteiger partial charge in [-0.05, 0) is 70.8 Å². The van der Waals surface area contributed by atoms with Gasteiger partial charge in [0.15, 0.2) is 0 Å². The Labute approximate surface area is 110 Å². The van der Waals surface area contributed by atoms with Gasteiger partial charge in [-0.15, -0.1) is 11.3 Å². The minimum absolute atomic E-state index is 0.249. The van der Waals surface area contributed by atoms with E-state index < -0.39 is 0 Å². The molecular weight excluding hydrogens is 282 g/mol. The van der Waals surface area contributed by atoms with E-state index in [-0.39, 0.29) is 6.04 Å². The van der Waals surface area contributed by atoms with Crippen molar-refractivity contribution in [2.75, 3.05) is 0 Å². The van der Waals surface area contributed by atoms with E-state index >= 15 is 0 Å². The zero-order chi connectivity index (χ0) is 11.1. The van der Waals surface area contributed by atoms with Crippen molar-refractivity contribution in [1.82, 2.24) is 0 Å². The van der Waals surface area contributed by atoms with Gasteiger partial charge in [0.2, 0.25) is 0 Å². The first-order valence-electron chi connectivity index (χ1n) is 6.22. The van der Waals surface area contributed by atoms with Crippen LogP contribution < -0.4 is 5.73 Å². The Morgan fingerprint density at radius 3 is 2.88 bits per heavy atom. The second kappa shape index (κ2) is 4.43. The molecule has 0 amide bonds. The third kappa shape index (κ3) is 1.98. The van der Waals surface area contributed by atoms with Crippen LogP contribution in [-0.4, -0.2) is 0 Å². The molecular formula is C13H18BrNS. The Morgan fingerprint density at radius 1 is 1.44 bits per heavy atom. The molecule has 2 fully saturated rings. The van der Waals surface area contributed by atoms with Gasteiger partial charge < -0.3 is 5.73 Å². The Hall–Kier alpha value is 0.140. The lowest BCUT2D eigenvalue weighted by molar-refractivity contribution is 0.297. The number of hydrogen-bond donors (Lipinski definition) is 1. The summed E-state index contributed by atoms with van der Waals surface area (Å²) in [4.78, 5) is 1.34. The second-order valence-corrected chi connectivity index (χ2v) is 7.21. The first kappa shape index (κ1) is 11.2. The summed E-state index contributed by atoms with van der Waals surface area (Å²) in [5, 5.41) is 2.13. The van der Waals surface area contributed by atoms with Crippen LogP contribution in [0.25, 0.3) is 0 Å². The highest BCUT2D eigenvalue weighted by Gasteiger charge is 2.40. The molecule has 0 radical (unpaired) electrons. The van der Waals surface area contributed by atoms with Crippen LogP contribution in [0.1, 0.15) is 43.0 Å². The fraction of sp³-hybridized carbons (Fsp3) is 0.692. The molecule has 16 heavy (non-hydrogen) atoms. The molecule has 0 aliphatic heterocycles. The lowest BCUT2D eigenvalue weighted by Gasteiger charge is -2.24. The predicted octanol–water partition coefficient (Wildman–Crippen LogP) is 4.34. The summed E-state index contributed by atoms with van der Waals surface area (Å²) in [5.74, 6) is 2.94. The summed E-state index contributed by atoms with van der Waals surface area (Å²) in [6.45, 7) is 0. The molecule has 1 aromatic heterocycles. The van der Waals surface area contributed by atoms with Crippen LogP contribution in [0.3, 0.4) is 0 Å². The molecule has 88 valence electrons. The molecule has 2 aliphatic rings. The maximum atomic E-state index is 6.33. The minimum Gasteiger partial charge on any atom is -0.323 e. The highest BCUT2D eigenvalue weighted by Crippen LogP contribution is 2.51. The molecule has 3 heteroatoms. The van der Waals surface area contributed by atoms with E-state index in [0.29, 0.717) is 0 Å². The number of hydrogen-bond acceptors (Lipinski definition) is 2. The van der Waals surface area contributed by atoms with E-state index in [4.69, 9.17) is 5.73 Å². The van der Waals surface area contributed by atoms with Gasteiger partial charge in [0, 0.05) is 15.4 Å². The van der Waals surface area contributed by atoms with E-state index in [9.17, 15) is 0 Å². The number of halogens is 1. The highest BCUT2D eigenvalue weighted by atomic mass is 79.9. The number of fused-ring (bicyclic) bond motifs is 2. The third-order valence-corrected chi connectivity index (χ3v) is 6.43. The molecule has 1 heterocycles. The van der Waals surface area contributed by atoms with Gasteiger partial charge >= 0.3 is 0 Å². The molecule has 1 nitrogen and oxygen atoms in total. The summed E-state index contributed by atoms with van der Waals surface area (Å²) in [5.41, 5.74) is 6.33. The zero-order valence-electron chi connectivity index (χ0n) is 9.36. The molecule has 3 rings (SSSR count). The van der Waals surface area contributed by atoms with E-state index in [1.165, 1.54) is 41.5 Å². The Balaban J connectivity index is 1.65. The molecule has 2 bridgehead atoms. The molecule has 4 unspecified atom stereocenters. The van der Waals surface area contributed by atoms with E-state index in [1.807, 2.05) is 0 Å². The van der Waals surface area contributed by atoms with Gasteiger partial charge in [-0.2, -0.15) is 0 Å². The predicted molar refractivity (Wildman–Crippen MR) is 72.5 cm³/mol. The number of thiophene rings is 1. The van der Waals surface area contributed by atoms with E-state index in [1.54, 1.807) is 11.3 Å². The quantitative estimate of drug-likeness (QED) is 0.883. The van der Waals surface area contributed by atoms with Gasteiger partial charge in [0.1, 0.15) is 0 Å². The molecule has 2 aliphatic carbocycles. The largest absolute Gasteiger partial charge is 0.323 e. The smallest absolute Gasteiger partial charge is 0.0403 e. The Kier molecular flexibility index (Phi) is 3.11. The van der Waals surface area contributed by atoms with Crippen molar-refractivity contribution in [2.45, 2.75) is 38.1 Å². The summed E-state index contributed by atoms with van der Waals surface area (Å²) >= 11 is 5.38. The number of rotatable bonds is 3. The highest BCUT2D eigenvalue weighted by molar-refractivity contribution is 9.10. The summed E-state index contributed by atoms with van der Waals surface area (Å²) in [6, 6.07) is 2.36. The van der Waals surface area contributed by atoms with Crippen molar-refractivity contribution < 1.29 is 0 Å². The molecule has 2 saturated carbocycles. The maximum Gasteiger partial charge on any atom is 0.0403 e. The van der Waals surface area contributed by atoms with Crippen LogP contribution in [0.15, 0.2) is 15.9 Å². The molecule has 1 aromatic rings. The van der Waals surface area contributed by atoms with Crippen molar-refractivity contribution in [2.24, 2.45) is 23.5 Å². The average Bonchev–Trinajstić information content (AvgIpc) is 2.92. The van der Waals surface area contributed by atoms with E-state index in [0.717, 1.165) is 17.8 Å². The summed E-state index contributed by atoms with van der Waals surface area (Å²) < 4.78 is 1.20. The van der Waals surface area contributed by atoms with Crippen LogP contribution in [0.4, 0.5) is 0 Å². The SMILES string of the molecule is NC(CC1CC2CCC1C2)c1sccc1Br. The van der Waals surface area contributed by atoms with Gasteiger partial charge in [-0.3, -0.25) is 0 Å². The lowest BCUT2D eigenvalue weighted by Crippen LogP contribution is -2.19. The van der Waals surface area contributed by atoms with Crippen molar-refractivity contribution in [3.05, 3.63) is 20.8 Å². The fourth-order valence-corrected chi connectivity index (χ4v) is 5.35. The van der Waals surface area contributed by atoms with Crippen LogP contribution in [0.2, 0.25) is 0 Å². The second-order valence-electron chi connectivity index (χ2n) is 5.41. The van der Waals surface area contributed by atoms with Gasteiger partial charge in [-0.25, -0.2) is 0 Å². The lowest BCUT2D eigenvalue weighted by atomic mass is 9.84. The molecule has 4 atom stereocenters. The third-order valence-electron chi connectivity index (χ3n) is 4.42. The topological polar surface area (TPSA) is 26.0 Å². The molecule has 0 aromatic carbocycles. The van der Waals surface area contributed by atoms with Crippen LogP contribution >= 0.6 is 27.3 Å². The summed E-state index contributed by atoms with van der Waals surface area (Å²) in [7, 11) is 0. The first-order valence-corrected chi connectivity index (χ1v) is 7.89. The Morgan fingerprint density at radius 2 is 2.31 bits per heavy atom. The van der Waals surface area contributed by atoms with Gasteiger partial charge in [-0.1, -0.05) is 6.42 Å². The minimum atomic E-state index is 0.249. The van der Waals surface area contributed by atoms with Crippen molar-refractivity contribution in [3.63, 3.8) is 0 Å². The van der Waals surface area contributed by atoms with Crippen molar-refractivity contribution in [3.8, 4) is 0 Å². The van der Waals surface area contributed by atoms with Gasteiger partial charge in [0.25, 0.3) is 0 Å². The normalized spacial score (nSPS) is 34.5. The standard InChI is InChI=1S/C13H18BrNS/c14-11-3-4-16-13(11)12(15)7-10-6-8-1-2-9(10)5-8/h3-4,8-10,12H,1-2,5-7,15H2. The van der Waals surface area contributed by atoms with Crippen LogP contribution in [0, 0.1) is 17.8 Å². The van der Waals surface area contributed by atoms with Crippen molar-refractivity contribution in [1.29, 1.82) is 0 Å². The van der Waals surface area contributed by atoms with Crippen LogP contribution in [-0.2, 0) is 0 Å². The maximum absolute atomic E-state index is 6.33. The van der Waals surface area contributed by atoms with Crippen molar-refractivity contribution >= 4 is 27.3 Å². The van der Waals surface area contributed by atoms with Crippen LogP contribution in [0.5, 0.6) is 0 Å². The monoisotopic (exact) mass is 299 g/mol. The first-order chi connectivity index (χ1) is 7.74. The fourth-order valence-electron chi connectivity index (χ4n) is 3.67. The summed E-state index contributed by atoms with van der Waals surface area (Å²) in [6.07, 6.45) is 7.08. The van der Waals surface area contributed by atoms with Gasteiger partial charge in [0.05, 0.1) is 0 Å². The van der Waals surface area contributed by atoms with E-state index in [2.05, 4.69) is 27.4 Å². The number of nitrogens with two attached hydrogens (primary N) is 1. The molecule has 0 spiro atoms.